The van der Waals surface area contributed by atoms with Crippen LogP contribution < -0.4 is 14.8 Å². The van der Waals surface area contributed by atoms with Gasteiger partial charge in [-0.05, 0) is 56.6 Å². The average Bonchev–Trinajstić information content (AvgIpc) is 2.89. The van der Waals surface area contributed by atoms with Crippen molar-refractivity contribution in [2.24, 2.45) is 0 Å². The predicted molar refractivity (Wildman–Crippen MR) is 109 cm³/mol. The zero-order valence-electron chi connectivity index (χ0n) is 15.5. The molecule has 26 heavy (non-hydrogen) atoms. The van der Waals surface area contributed by atoms with Crippen LogP contribution in [0.1, 0.15) is 36.8 Å². The van der Waals surface area contributed by atoms with Gasteiger partial charge in [-0.15, -0.1) is 11.3 Å². The van der Waals surface area contributed by atoms with E-state index >= 15 is 0 Å². The molecule has 1 fully saturated rings. The summed E-state index contributed by atoms with van der Waals surface area (Å²) in [5, 5.41) is 3.49. The van der Waals surface area contributed by atoms with Crippen molar-refractivity contribution in [1.29, 1.82) is 0 Å². The first-order chi connectivity index (χ1) is 12.7. The van der Waals surface area contributed by atoms with Crippen molar-refractivity contribution in [2.45, 2.75) is 26.3 Å². The number of hydrogen-bond acceptors (Lipinski definition) is 5. The third kappa shape index (κ3) is 4.71. The molecule has 1 aromatic heterocycles. The number of ether oxygens (including phenoxy) is 2. The van der Waals surface area contributed by atoms with Crippen molar-refractivity contribution >= 4 is 22.9 Å². The molecule has 0 aliphatic carbocycles. The molecule has 0 spiro atoms. The van der Waals surface area contributed by atoms with Gasteiger partial charge in [-0.1, -0.05) is 17.7 Å². The number of nitrogens with zero attached hydrogens (tertiary/aromatic N) is 1. The topological polar surface area (TPSA) is 33.7 Å². The van der Waals surface area contributed by atoms with Gasteiger partial charge >= 0.3 is 0 Å². The second-order valence-corrected chi connectivity index (χ2v) is 8.00. The van der Waals surface area contributed by atoms with E-state index in [2.05, 4.69) is 28.4 Å². The van der Waals surface area contributed by atoms with Crippen LogP contribution in [0.4, 0.5) is 0 Å². The molecule has 2 aromatic rings. The number of nitrogens with one attached hydrogen (secondary N) is 1. The highest BCUT2D eigenvalue weighted by Gasteiger charge is 2.25. The molecule has 4 nitrogen and oxygen atoms in total. The van der Waals surface area contributed by atoms with Gasteiger partial charge in [0.25, 0.3) is 0 Å². The van der Waals surface area contributed by atoms with Crippen LogP contribution in [0.5, 0.6) is 11.5 Å². The lowest BCUT2D eigenvalue weighted by atomic mass is 10.0. The lowest BCUT2D eigenvalue weighted by Gasteiger charge is -2.30. The van der Waals surface area contributed by atoms with Crippen LogP contribution in [0.25, 0.3) is 0 Å². The first-order valence-electron chi connectivity index (χ1n) is 9.32. The first kappa shape index (κ1) is 19.5. The number of halogens is 1. The van der Waals surface area contributed by atoms with E-state index in [1.165, 1.54) is 10.4 Å². The molecule has 1 aliphatic heterocycles. The van der Waals surface area contributed by atoms with Crippen LogP contribution in [-0.4, -0.2) is 44.3 Å². The van der Waals surface area contributed by atoms with Gasteiger partial charge in [0, 0.05) is 24.5 Å². The average molecular weight is 395 g/mol. The number of hydrogen-bond donors (Lipinski definition) is 1. The maximum absolute atomic E-state index is 6.25. The Labute approximate surface area is 165 Å². The predicted octanol–water partition coefficient (Wildman–Crippen LogP) is 4.58. The Bertz CT molecular complexity index is 699. The highest BCUT2D eigenvalue weighted by molar-refractivity contribution is 7.16. The molecular weight excluding hydrogens is 368 g/mol. The van der Waals surface area contributed by atoms with E-state index in [9.17, 15) is 0 Å². The van der Waals surface area contributed by atoms with Crippen LogP contribution in [0.2, 0.25) is 4.34 Å². The Kier molecular flexibility index (Phi) is 7.20. The summed E-state index contributed by atoms with van der Waals surface area (Å²) < 4.78 is 12.4. The highest BCUT2D eigenvalue weighted by Crippen LogP contribution is 2.39. The second kappa shape index (κ2) is 9.60. The fourth-order valence-electron chi connectivity index (χ4n) is 3.39. The summed E-state index contributed by atoms with van der Waals surface area (Å²) in [5.74, 6) is 1.62. The molecule has 0 radical (unpaired) electrons. The van der Waals surface area contributed by atoms with Crippen LogP contribution in [-0.2, 0) is 0 Å². The van der Waals surface area contributed by atoms with Crippen molar-refractivity contribution < 1.29 is 9.47 Å². The van der Waals surface area contributed by atoms with Gasteiger partial charge < -0.3 is 14.8 Å². The second-order valence-electron chi connectivity index (χ2n) is 6.26. The fourth-order valence-corrected chi connectivity index (χ4v) is 4.62. The first-order valence-corrected chi connectivity index (χ1v) is 10.5. The van der Waals surface area contributed by atoms with Crippen LogP contribution in [0, 0.1) is 0 Å². The minimum atomic E-state index is 0.183. The summed E-state index contributed by atoms with van der Waals surface area (Å²) in [7, 11) is 0. The summed E-state index contributed by atoms with van der Waals surface area (Å²) in [6.07, 6.45) is 1.14. The van der Waals surface area contributed by atoms with Gasteiger partial charge in [0.05, 0.1) is 23.6 Å². The van der Waals surface area contributed by atoms with E-state index in [1.54, 1.807) is 11.3 Å². The maximum Gasteiger partial charge on any atom is 0.161 e. The van der Waals surface area contributed by atoms with Crippen molar-refractivity contribution in [1.82, 2.24) is 10.2 Å². The Morgan fingerprint density at radius 1 is 1.08 bits per heavy atom. The van der Waals surface area contributed by atoms with Gasteiger partial charge in [0.15, 0.2) is 11.5 Å². The molecular formula is C20H27ClN2O2S. The molecule has 0 amide bonds. The summed E-state index contributed by atoms with van der Waals surface area (Å²) in [5.41, 5.74) is 1.22. The number of thiophene rings is 1. The summed E-state index contributed by atoms with van der Waals surface area (Å²) >= 11 is 7.91. The molecule has 1 aliphatic rings. The van der Waals surface area contributed by atoms with Crippen LogP contribution in [0.15, 0.2) is 30.3 Å². The molecule has 6 heteroatoms. The third-order valence-electron chi connectivity index (χ3n) is 4.49. The van der Waals surface area contributed by atoms with Crippen molar-refractivity contribution in [3.05, 3.63) is 45.1 Å². The zero-order chi connectivity index (χ0) is 18.4. The molecule has 1 saturated heterocycles. The third-order valence-corrected chi connectivity index (χ3v) is 5.77. The molecule has 0 saturated carbocycles. The molecule has 1 N–H and O–H groups in total. The fraction of sp³-hybridized carbons (Fsp3) is 0.500. The summed E-state index contributed by atoms with van der Waals surface area (Å²) in [6, 6.07) is 10.6. The SMILES string of the molecule is CCOc1ccc(C(c2ccc(Cl)s2)N2CCCNCC2)cc1OCC. The Morgan fingerprint density at radius 3 is 2.62 bits per heavy atom. The van der Waals surface area contributed by atoms with E-state index in [0.29, 0.717) is 13.2 Å². The lowest BCUT2D eigenvalue weighted by Crippen LogP contribution is -2.32. The van der Waals surface area contributed by atoms with Crippen LogP contribution >= 0.6 is 22.9 Å². The van der Waals surface area contributed by atoms with E-state index in [4.69, 9.17) is 21.1 Å². The molecule has 1 aromatic carbocycles. The quantitative estimate of drug-likeness (QED) is 0.745. The Balaban J connectivity index is 1.98. The molecule has 0 bridgehead atoms. The molecule has 3 rings (SSSR count). The minimum Gasteiger partial charge on any atom is -0.490 e. The van der Waals surface area contributed by atoms with Crippen molar-refractivity contribution in [3.8, 4) is 11.5 Å². The van der Waals surface area contributed by atoms with Crippen molar-refractivity contribution in [2.75, 3.05) is 39.4 Å². The molecule has 1 unspecified atom stereocenters. The summed E-state index contributed by atoms with van der Waals surface area (Å²) in [4.78, 5) is 3.80. The van der Waals surface area contributed by atoms with Gasteiger partial charge in [0.2, 0.25) is 0 Å². The lowest BCUT2D eigenvalue weighted by molar-refractivity contribution is 0.242. The normalized spacial score (nSPS) is 16.9. The van der Waals surface area contributed by atoms with E-state index < -0.39 is 0 Å². The van der Waals surface area contributed by atoms with E-state index in [0.717, 1.165) is 48.4 Å². The molecule has 142 valence electrons. The van der Waals surface area contributed by atoms with Crippen molar-refractivity contribution in [3.63, 3.8) is 0 Å². The zero-order valence-corrected chi connectivity index (χ0v) is 17.0. The standard InChI is InChI=1S/C20H27ClN2O2S/c1-3-24-16-7-6-15(14-17(16)25-4-2)20(18-8-9-19(21)26-18)23-12-5-10-22-11-13-23/h6-9,14,20,22H,3-5,10-13H2,1-2H3. The minimum absolute atomic E-state index is 0.183. The Morgan fingerprint density at radius 2 is 1.88 bits per heavy atom. The molecule has 2 heterocycles. The monoisotopic (exact) mass is 394 g/mol. The Hall–Kier alpha value is -1.27. The van der Waals surface area contributed by atoms with E-state index in [-0.39, 0.29) is 6.04 Å². The van der Waals surface area contributed by atoms with Crippen LogP contribution in [0.3, 0.4) is 0 Å². The molecule has 1 atom stereocenters. The number of benzene rings is 1. The number of rotatable bonds is 7. The summed E-state index contributed by atoms with van der Waals surface area (Å²) in [6.45, 7) is 9.38. The van der Waals surface area contributed by atoms with E-state index in [1.807, 2.05) is 26.0 Å². The van der Waals surface area contributed by atoms with Gasteiger partial charge in [-0.25, -0.2) is 0 Å². The highest BCUT2D eigenvalue weighted by atomic mass is 35.5. The smallest absolute Gasteiger partial charge is 0.161 e. The van der Waals surface area contributed by atoms with Gasteiger partial charge in [0.1, 0.15) is 0 Å². The van der Waals surface area contributed by atoms with Gasteiger partial charge in [-0.3, -0.25) is 4.90 Å². The van der Waals surface area contributed by atoms with Gasteiger partial charge in [-0.2, -0.15) is 0 Å². The largest absolute Gasteiger partial charge is 0.490 e. The maximum atomic E-state index is 6.25.